The van der Waals surface area contributed by atoms with Crippen molar-refractivity contribution in [1.29, 1.82) is 0 Å². The van der Waals surface area contributed by atoms with Crippen LogP contribution in [-0.4, -0.2) is 39.7 Å². The molecule has 4 rings (SSSR count). The Kier molecular flexibility index (Phi) is 4.53. The zero-order chi connectivity index (χ0) is 19.0. The molecule has 0 amide bonds. The van der Waals surface area contributed by atoms with Gasteiger partial charge in [0.1, 0.15) is 16.5 Å². The topological polar surface area (TPSA) is 59.5 Å². The lowest BCUT2D eigenvalue weighted by atomic mass is 10.1. The van der Waals surface area contributed by atoms with Gasteiger partial charge in [-0.3, -0.25) is 4.98 Å². The molecular weight excluding hydrogens is 374 g/mol. The monoisotopic (exact) mass is 390 g/mol. The van der Waals surface area contributed by atoms with E-state index in [2.05, 4.69) is 4.98 Å². The van der Waals surface area contributed by atoms with Gasteiger partial charge in [0.15, 0.2) is 0 Å². The first-order chi connectivity index (χ1) is 13.0. The molecule has 8 heteroatoms. The standard InChI is InChI=1S/C19H16F2N2O3S/c20-13-1-4-15(5-2-13)27(24,25)18-12-22-17-11-14(21)3-6-16(17)19(18)23-7-9-26-10-8-23/h1-6,11-12H,7-10H2. The van der Waals surface area contributed by atoms with Crippen LogP contribution < -0.4 is 4.90 Å². The molecule has 0 spiro atoms. The van der Waals surface area contributed by atoms with Gasteiger partial charge in [-0.05, 0) is 36.4 Å². The Labute approximate surface area is 155 Å². The first-order valence-corrected chi connectivity index (χ1v) is 9.87. The van der Waals surface area contributed by atoms with Gasteiger partial charge >= 0.3 is 0 Å². The van der Waals surface area contributed by atoms with Crippen LogP contribution in [0.15, 0.2) is 58.5 Å². The van der Waals surface area contributed by atoms with Gasteiger partial charge in [0, 0.05) is 30.7 Å². The fourth-order valence-corrected chi connectivity index (χ4v) is 4.62. The fourth-order valence-electron chi connectivity index (χ4n) is 3.18. The number of pyridine rings is 1. The van der Waals surface area contributed by atoms with Crippen LogP contribution in [0.4, 0.5) is 14.5 Å². The molecule has 1 aromatic heterocycles. The van der Waals surface area contributed by atoms with Crippen LogP contribution in [-0.2, 0) is 14.6 Å². The summed E-state index contributed by atoms with van der Waals surface area (Å²) in [6, 6.07) is 8.74. The maximum absolute atomic E-state index is 13.6. The average molecular weight is 390 g/mol. The summed E-state index contributed by atoms with van der Waals surface area (Å²) < 4.78 is 58.7. The van der Waals surface area contributed by atoms with E-state index in [0.29, 0.717) is 42.9 Å². The number of benzene rings is 2. The zero-order valence-electron chi connectivity index (χ0n) is 14.2. The number of aromatic nitrogens is 1. The number of anilines is 1. The number of sulfone groups is 1. The minimum atomic E-state index is -3.94. The molecule has 2 heterocycles. The average Bonchev–Trinajstić information content (AvgIpc) is 2.68. The maximum atomic E-state index is 13.6. The predicted molar refractivity (Wildman–Crippen MR) is 96.6 cm³/mol. The third-order valence-electron chi connectivity index (χ3n) is 4.51. The van der Waals surface area contributed by atoms with Crippen LogP contribution >= 0.6 is 0 Å². The van der Waals surface area contributed by atoms with Gasteiger partial charge in [-0.25, -0.2) is 17.2 Å². The van der Waals surface area contributed by atoms with E-state index in [1.165, 1.54) is 36.5 Å². The summed E-state index contributed by atoms with van der Waals surface area (Å²) in [5.41, 5.74) is 0.835. The number of hydrogen-bond donors (Lipinski definition) is 0. The van der Waals surface area contributed by atoms with E-state index < -0.39 is 21.5 Å². The smallest absolute Gasteiger partial charge is 0.210 e. The Morgan fingerprint density at radius 1 is 0.963 bits per heavy atom. The molecule has 0 aliphatic carbocycles. The number of rotatable bonds is 3. The SMILES string of the molecule is O=S(=O)(c1ccc(F)cc1)c1cnc2cc(F)ccc2c1N1CCOCC1. The molecule has 0 N–H and O–H groups in total. The molecule has 0 saturated carbocycles. The molecule has 3 aromatic rings. The summed E-state index contributed by atoms with van der Waals surface area (Å²) in [5.74, 6) is -0.966. The van der Waals surface area contributed by atoms with Gasteiger partial charge in [0.2, 0.25) is 9.84 Å². The Morgan fingerprint density at radius 3 is 2.33 bits per heavy atom. The largest absolute Gasteiger partial charge is 0.378 e. The van der Waals surface area contributed by atoms with Crippen LogP contribution in [0.1, 0.15) is 0 Å². The molecule has 140 valence electrons. The summed E-state index contributed by atoms with van der Waals surface area (Å²) in [5, 5.41) is 0.543. The fraction of sp³-hybridized carbons (Fsp3) is 0.211. The number of morpholine rings is 1. The summed E-state index contributed by atoms with van der Waals surface area (Å²) in [6.07, 6.45) is 1.24. The van der Waals surface area contributed by atoms with Crippen molar-refractivity contribution in [3.8, 4) is 0 Å². The number of ether oxygens (including phenoxy) is 1. The molecule has 2 aromatic carbocycles. The van der Waals surface area contributed by atoms with Gasteiger partial charge in [0.25, 0.3) is 0 Å². The lowest BCUT2D eigenvalue weighted by molar-refractivity contribution is 0.122. The summed E-state index contributed by atoms with van der Waals surface area (Å²) in [6.45, 7) is 1.92. The summed E-state index contributed by atoms with van der Waals surface area (Å²) >= 11 is 0. The third-order valence-corrected chi connectivity index (χ3v) is 6.28. The number of hydrogen-bond acceptors (Lipinski definition) is 5. The van der Waals surface area contributed by atoms with Crippen molar-refractivity contribution in [2.75, 3.05) is 31.2 Å². The van der Waals surface area contributed by atoms with Crippen LogP contribution in [0.25, 0.3) is 10.9 Å². The van der Waals surface area contributed by atoms with E-state index in [-0.39, 0.29) is 9.79 Å². The minimum absolute atomic E-state index is 0.00937. The van der Waals surface area contributed by atoms with Crippen LogP contribution in [0, 0.1) is 11.6 Å². The molecular formula is C19H16F2N2O3S. The van der Waals surface area contributed by atoms with Crippen molar-refractivity contribution in [3.63, 3.8) is 0 Å². The quantitative estimate of drug-likeness (QED) is 0.643. The zero-order valence-corrected chi connectivity index (χ0v) is 15.0. The normalized spacial score (nSPS) is 15.3. The Bertz CT molecular complexity index is 1100. The van der Waals surface area contributed by atoms with Crippen molar-refractivity contribution < 1.29 is 21.9 Å². The van der Waals surface area contributed by atoms with E-state index in [1.807, 2.05) is 4.90 Å². The highest BCUT2D eigenvalue weighted by Crippen LogP contribution is 2.36. The molecule has 0 bridgehead atoms. The predicted octanol–water partition coefficient (Wildman–Crippen LogP) is 3.18. The van der Waals surface area contributed by atoms with Crippen molar-refractivity contribution in [2.45, 2.75) is 9.79 Å². The molecule has 1 saturated heterocycles. The van der Waals surface area contributed by atoms with E-state index in [0.717, 1.165) is 12.1 Å². The molecule has 0 atom stereocenters. The van der Waals surface area contributed by atoms with E-state index in [9.17, 15) is 17.2 Å². The van der Waals surface area contributed by atoms with E-state index in [1.54, 1.807) is 0 Å². The van der Waals surface area contributed by atoms with Gasteiger partial charge in [-0.2, -0.15) is 0 Å². The van der Waals surface area contributed by atoms with Crippen LogP contribution in [0.3, 0.4) is 0 Å². The second-order valence-corrected chi connectivity index (χ2v) is 8.11. The molecule has 0 radical (unpaired) electrons. The third kappa shape index (κ3) is 3.26. The second-order valence-electron chi connectivity index (χ2n) is 6.19. The van der Waals surface area contributed by atoms with Crippen molar-refractivity contribution in [1.82, 2.24) is 4.98 Å². The van der Waals surface area contributed by atoms with E-state index >= 15 is 0 Å². The first kappa shape index (κ1) is 17.8. The Morgan fingerprint density at radius 2 is 1.63 bits per heavy atom. The number of fused-ring (bicyclic) bond motifs is 1. The molecule has 1 aliphatic heterocycles. The van der Waals surface area contributed by atoms with Gasteiger partial charge in [-0.15, -0.1) is 0 Å². The molecule has 5 nitrogen and oxygen atoms in total. The Hall–Kier alpha value is -2.58. The highest BCUT2D eigenvalue weighted by Gasteiger charge is 2.27. The van der Waals surface area contributed by atoms with Crippen LogP contribution in [0.2, 0.25) is 0 Å². The van der Waals surface area contributed by atoms with Crippen molar-refractivity contribution >= 4 is 26.4 Å². The lowest BCUT2D eigenvalue weighted by Crippen LogP contribution is -2.37. The van der Waals surface area contributed by atoms with Crippen molar-refractivity contribution in [2.24, 2.45) is 0 Å². The van der Waals surface area contributed by atoms with E-state index in [4.69, 9.17) is 4.74 Å². The van der Waals surface area contributed by atoms with Crippen LogP contribution in [0.5, 0.6) is 0 Å². The maximum Gasteiger partial charge on any atom is 0.210 e. The molecule has 1 fully saturated rings. The minimum Gasteiger partial charge on any atom is -0.378 e. The summed E-state index contributed by atoms with van der Waals surface area (Å²) in [7, 11) is -3.94. The first-order valence-electron chi connectivity index (χ1n) is 8.38. The number of halogens is 2. The number of nitrogens with zero attached hydrogens (tertiary/aromatic N) is 2. The molecule has 1 aliphatic rings. The second kappa shape index (κ2) is 6.86. The van der Waals surface area contributed by atoms with Crippen molar-refractivity contribution in [3.05, 3.63) is 60.3 Å². The lowest BCUT2D eigenvalue weighted by Gasteiger charge is -2.31. The Balaban J connectivity index is 1.96. The highest BCUT2D eigenvalue weighted by atomic mass is 32.2. The molecule has 0 unspecified atom stereocenters. The van der Waals surface area contributed by atoms with Gasteiger partial charge in [-0.1, -0.05) is 0 Å². The van der Waals surface area contributed by atoms with Gasteiger partial charge in [0.05, 0.1) is 29.3 Å². The highest BCUT2D eigenvalue weighted by molar-refractivity contribution is 7.91. The van der Waals surface area contributed by atoms with Gasteiger partial charge < -0.3 is 9.64 Å². The molecule has 27 heavy (non-hydrogen) atoms. The summed E-state index contributed by atoms with van der Waals surface area (Å²) in [4.78, 5) is 6.04.